The number of nitrogens with zero attached hydrogens (tertiary/aromatic N) is 1. The maximum absolute atomic E-state index is 13.8. The maximum Gasteiger partial charge on any atom is 0.408 e. The van der Waals surface area contributed by atoms with Crippen LogP contribution in [0.4, 0.5) is 4.79 Å². The topological polar surface area (TPSA) is 180 Å². The number of β-amino-alcohol motifs (C(OH)–C–C–N with tert-alkyl or cyclic N) is 1. The summed E-state index contributed by atoms with van der Waals surface area (Å²) in [6.07, 6.45) is 7.11. The van der Waals surface area contributed by atoms with Crippen molar-refractivity contribution < 1.29 is 42.2 Å². The number of amides is 4. The molecular weight excluding hydrogens is 568 g/mol. The molecule has 4 amide bonds. The molecule has 3 fully saturated rings. The van der Waals surface area contributed by atoms with E-state index >= 15 is 0 Å². The van der Waals surface area contributed by atoms with Gasteiger partial charge in [-0.2, -0.15) is 0 Å². The Hall–Kier alpha value is -3.39. The van der Waals surface area contributed by atoms with E-state index in [1.807, 2.05) is 0 Å². The van der Waals surface area contributed by atoms with Crippen molar-refractivity contribution in [3.05, 3.63) is 36.6 Å². The fourth-order valence-corrected chi connectivity index (χ4v) is 6.80. The molecule has 0 aromatic rings. The fraction of sp³-hybridized carbons (Fsp3) is 0.643. The number of likely N-dealkylation sites (tertiary alicyclic amines) is 1. The van der Waals surface area contributed by atoms with E-state index in [4.69, 9.17) is 9.47 Å². The summed E-state index contributed by atoms with van der Waals surface area (Å²) in [6.45, 7) is 7.98. The lowest BCUT2D eigenvalue weighted by Crippen LogP contribution is -2.57. The Morgan fingerprint density at radius 2 is 1.90 bits per heavy atom. The van der Waals surface area contributed by atoms with E-state index in [0.717, 1.165) is 0 Å². The monoisotopic (exact) mass is 608 g/mol. The molecule has 3 aliphatic carbocycles. The molecule has 0 radical (unpaired) electrons. The van der Waals surface area contributed by atoms with Crippen LogP contribution in [0.3, 0.4) is 0 Å². The first-order valence-electron chi connectivity index (χ1n) is 13.9. The third kappa shape index (κ3) is 6.80. The van der Waals surface area contributed by atoms with Crippen molar-refractivity contribution in [3.63, 3.8) is 0 Å². The smallest absolute Gasteiger partial charge is 0.408 e. The maximum atomic E-state index is 13.8. The summed E-state index contributed by atoms with van der Waals surface area (Å²) in [6, 6.07) is -1.22. The number of methoxy groups -OCH3 is 1. The molecule has 13 nitrogen and oxygen atoms in total. The van der Waals surface area contributed by atoms with Gasteiger partial charge in [-0.1, -0.05) is 18.2 Å². The van der Waals surface area contributed by atoms with Crippen molar-refractivity contribution in [1.29, 1.82) is 0 Å². The van der Waals surface area contributed by atoms with Crippen LogP contribution in [0.15, 0.2) is 36.6 Å². The number of hydrogen-bond acceptors (Lipinski definition) is 9. The largest absolute Gasteiger partial charge is 0.501 e. The molecule has 232 valence electrons. The van der Waals surface area contributed by atoms with E-state index in [1.54, 1.807) is 39.0 Å². The summed E-state index contributed by atoms with van der Waals surface area (Å²) in [5.41, 5.74) is -3.89. The molecule has 1 heterocycles. The lowest BCUT2D eigenvalue weighted by Gasteiger charge is -2.32. The molecule has 1 unspecified atom stereocenters. The van der Waals surface area contributed by atoms with E-state index < -0.39 is 80.3 Å². The zero-order chi connectivity index (χ0) is 31.1. The molecule has 0 bridgehead atoms. The number of rotatable bonds is 10. The standard InChI is InChI=1S/C28H40N4O9S/c1-6-17-13-28(17,24(35)31-42(38,39)20-10-11-20)30-23(34)21-14-27(37,18-8-7-9-19(12-18)40-5)16-32(21)22(33)15-29-25(36)41-26(2,3)4/h6-9,17-18,20-21,37H,1,10-16H2,2-5H3,(H,29,36)(H,30,34)(H,31,35)/t17-,18?,21+,27+,28-/m1/s1. The van der Waals surface area contributed by atoms with Gasteiger partial charge in [-0.05, 0) is 46.1 Å². The molecule has 4 N–H and O–H groups in total. The quantitative estimate of drug-likeness (QED) is 0.259. The molecule has 0 aromatic carbocycles. The number of nitrogens with one attached hydrogen (secondary N) is 3. The third-order valence-corrected chi connectivity index (χ3v) is 9.84. The molecule has 14 heteroatoms. The summed E-state index contributed by atoms with van der Waals surface area (Å²) < 4.78 is 37.5. The van der Waals surface area contributed by atoms with Crippen LogP contribution in [-0.4, -0.2) is 90.5 Å². The van der Waals surface area contributed by atoms with Crippen molar-refractivity contribution in [1.82, 2.24) is 20.3 Å². The van der Waals surface area contributed by atoms with Crippen molar-refractivity contribution in [3.8, 4) is 0 Å². The Bertz CT molecular complexity index is 1320. The van der Waals surface area contributed by atoms with Gasteiger partial charge in [0.25, 0.3) is 5.91 Å². The summed E-state index contributed by atoms with van der Waals surface area (Å²) >= 11 is 0. The highest BCUT2D eigenvalue weighted by atomic mass is 32.2. The van der Waals surface area contributed by atoms with Gasteiger partial charge in [0.05, 0.1) is 30.3 Å². The van der Waals surface area contributed by atoms with E-state index in [-0.39, 0.29) is 19.4 Å². The molecule has 1 aliphatic heterocycles. The minimum Gasteiger partial charge on any atom is -0.501 e. The highest BCUT2D eigenvalue weighted by molar-refractivity contribution is 7.91. The van der Waals surface area contributed by atoms with E-state index in [9.17, 15) is 32.7 Å². The second-order valence-electron chi connectivity index (χ2n) is 12.4. The van der Waals surface area contributed by atoms with Crippen molar-refractivity contribution in [2.45, 2.75) is 80.9 Å². The predicted molar refractivity (Wildman–Crippen MR) is 151 cm³/mol. The van der Waals surface area contributed by atoms with Crippen molar-refractivity contribution in [2.24, 2.45) is 11.8 Å². The van der Waals surface area contributed by atoms with Gasteiger partial charge in [-0.15, -0.1) is 6.58 Å². The van der Waals surface area contributed by atoms with Gasteiger partial charge in [-0.25, -0.2) is 13.2 Å². The normalized spacial score (nSPS) is 30.5. The summed E-state index contributed by atoms with van der Waals surface area (Å²) in [4.78, 5) is 53.6. The Labute approximate surface area is 245 Å². The number of hydrogen-bond donors (Lipinski definition) is 4. The van der Waals surface area contributed by atoms with Gasteiger partial charge in [0.1, 0.15) is 23.7 Å². The molecule has 42 heavy (non-hydrogen) atoms. The fourth-order valence-electron chi connectivity index (χ4n) is 5.43. The Morgan fingerprint density at radius 1 is 1.21 bits per heavy atom. The number of carbonyl (C=O) groups is 4. The van der Waals surface area contributed by atoms with E-state index in [2.05, 4.69) is 21.9 Å². The first-order valence-corrected chi connectivity index (χ1v) is 15.5. The lowest BCUT2D eigenvalue weighted by molar-refractivity contribution is -0.139. The second-order valence-corrected chi connectivity index (χ2v) is 14.4. The van der Waals surface area contributed by atoms with Crippen LogP contribution in [0.1, 0.15) is 52.9 Å². The van der Waals surface area contributed by atoms with Crippen LogP contribution in [0.25, 0.3) is 0 Å². The molecule has 0 aromatic heterocycles. The highest BCUT2D eigenvalue weighted by Crippen LogP contribution is 2.46. The molecule has 5 atom stereocenters. The number of aliphatic hydroxyl groups is 1. The van der Waals surface area contributed by atoms with Crippen LogP contribution in [-0.2, 0) is 33.9 Å². The van der Waals surface area contributed by atoms with Crippen LogP contribution in [0, 0.1) is 11.8 Å². The first kappa shape index (κ1) is 31.5. The molecule has 0 spiro atoms. The number of ether oxygens (including phenoxy) is 2. The summed E-state index contributed by atoms with van der Waals surface area (Å²) in [7, 11) is -2.37. The number of allylic oxidation sites excluding steroid dienone is 3. The predicted octanol–water partition coefficient (Wildman–Crippen LogP) is 0.619. The second kappa shape index (κ2) is 11.4. The Kier molecular flexibility index (Phi) is 8.53. The van der Waals surface area contributed by atoms with Gasteiger partial charge in [0.15, 0.2) is 0 Å². The average Bonchev–Trinajstić information content (AvgIpc) is 3.83. The van der Waals surface area contributed by atoms with Gasteiger partial charge in [0, 0.05) is 24.7 Å². The van der Waals surface area contributed by atoms with Crippen LogP contribution in [0.5, 0.6) is 0 Å². The SMILES string of the molecule is C=C[C@@H]1C[C@]1(NC(=O)[C@@H]1C[C@@](O)(C2C=CC=C(OC)C2)CN1C(=O)CNC(=O)OC(C)(C)C)C(=O)NS(=O)(=O)C1CC1. The minimum atomic E-state index is -3.88. The highest BCUT2D eigenvalue weighted by Gasteiger charge is 2.62. The van der Waals surface area contributed by atoms with Gasteiger partial charge < -0.3 is 30.1 Å². The molecule has 4 rings (SSSR count). The van der Waals surface area contributed by atoms with Crippen LogP contribution < -0.4 is 15.4 Å². The van der Waals surface area contributed by atoms with Gasteiger partial charge in [-0.3, -0.25) is 19.1 Å². The van der Waals surface area contributed by atoms with E-state index in [0.29, 0.717) is 25.0 Å². The molecule has 4 aliphatic rings. The Morgan fingerprint density at radius 3 is 2.48 bits per heavy atom. The van der Waals surface area contributed by atoms with Gasteiger partial charge in [0.2, 0.25) is 21.8 Å². The minimum absolute atomic E-state index is 0.132. The Balaban J connectivity index is 1.54. The molecular formula is C28H40N4O9S. The number of alkyl carbamates (subject to hydrolysis) is 1. The van der Waals surface area contributed by atoms with Crippen LogP contribution in [0.2, 0.25) is 0 Å². The number of sulfonamides is 1. The van der Waals surface area contributed by atoms with Crippen LogP contribution >= 0.6 is 0 Å². The van der Waals surface area contributed by atoms with Crippen molar-refractivity contribution in [2.75, 3.05) is 20.2 Å². The zero-order valence-electron chi connectivity index (χ0n) is 24.3. The summed E-state index contributed by atoms with van der Waals surface area (Å²) in [5, 5.41) is 16.2. The lowest BCUT2D eigenvalue weighted by atomic mass is 9.80. The molecule has 1 saturated heterocycles. The van der Waals surface area contributed by atoms with Crippen molar-refractivity contribution >= 4 is 33.8 Å². The average molecular weight is 609 g/mol. The first-order chi connectivity index (χ1) is 19.5. The van der Waals surface area contributed by atoms with E-state index in [1.165, 1.54) is 18.1 Å². The van der Waals surface area contributed by atoms with Gasteiger partial charge >= 0.3 is 6.09 Å². The summed E-state index contributed by atoms with van der Waals surface area (Å²) in [5.74, 6) is -2.65. The number of carbonyl (C=O) groups excluding carboxylic acids is 4. The third-order valence-electron chi connectivity index (χ3n) is 8.02. The zero-order valence-corrected chi connectivity index (χ0v) is 25.2. The molecule has 2 saturated carbocycles.